The predicted octanol–water partition coefficient (Wildman–Crippen LogP) is 1.25. The van der Waals surface area contributed by atoms with Crippen molar-refractivity contribution in [3.63, 3.8) is 0 Å². The van der Waals surface area contributed by atoms with Crippen LogP contribution in [-0.2, 0) is 6.54 Å². The summed E-state index contributed by atoms with van der Waals surface area (Å²) in [6, 6.07) is 6.80. The number of nitrogens with zero attached hydrogens (tertiary/aromatic N) is 3. The first-order valence-electron chi connectivity index (χ1n) is 5.86. The molecule has 0 aliphatic heterocycles. The van der Waals surface area contributed by atoms with E-state index in [-0.39, 0.29) is 0 Å². The Bertz CT molecular complexity index is 408. The van der Waals surface area contributed by atoms with Gasteiger partial charge in [0.15, 0.2) is 0 Å². The minimum atomic E-state index is 0.587. The fourth-order valence-corrected chi connectivity index (χ4v) is 1.91. The third kappa shape index (κ3) is 3.41. The molecule has 0 radical (unpaired) electrons. The van der Waals surface area contributed by atoms with Crippen molar-refractivity contribution in [1.82, 2.24) is 9.88 Å². The number of hydrogen-bond acceptors (Lipinski definition) is 5. The monoisotopic (exact) mass is 231 g/mol. The number of nitrogen functional groups attached to an aromatic ring is 1. The zero-order chi connectivity index (χ0) is 12.1. The van der Waals surface area contributed by atoms with Gasteiger partial charge in [-0.3, -0.25) is 4.90 Å². The summed E-state index contributed by atoms with van der Waals surface area (Å²) >= 11 is 0. The highest BCUT2D eigenvalue weighted by Gasteiger charge is 2.28. The molecule has 0 spiro atoms. The second kappa shape index (κ2) is 5.62. The molecule has 2 rings (SSSR count). The van der Waals surface area contributed by atoms with E-state index in [9.17, 15) is 0 Å². The first-order chi connectivity index (χ1) is 8.33. The van der Waals surface area contributed by atoms with Crippen LogP contribution in [0.15, 0.2) is 18.3 Å². The molecule has 5 nitrogen and oxygen atoms in total. The number of hydrazine groups is 1. The van der Waals surface area contributed by atoms with Crippen LogP contribution in [0.4, 0.5) is 5.82 Å². The lowest BCUT2D eigenvalue weighted by Gasteiger charge is -2.20. The van der Waals surface area contributed by atoms with Crippen molar-refractivity contribution in [2.75, 3.05) is 12.0 Å². The highest BCUT2D eigenvalue weighted by Crippen LogP contribution is 2.28. The van der Waals surface area contributed by atoms with Gasteiger partial charge in [-0.2, -0.15) is 5.26 Å². The van der Waals surface area contributed by atoms with Crippen LogP contribution in [-0.4, -0.2) is 22.5 Å². The van der Waals surface area contributed by atoms with Gasteiger partial charge in [0.25, 0.3) is 0 Å². The highest BCUT2D eigenvalue weighted by atomic mass is 15.2. The van der Waals surface area contributed by atoms with E-state index in [0.717, 1.165) is 13.1 Å². The number of nitrogens with two attached hydrogens (primary N) is 1. The van der Waals surface area contributed by atoms with Crippen molar-refractivity contribution < 1.29 is 0 Å². The predicted molar refractivity (Wildman–Crippen MR) is 65.7 cm³/mol. The summed E-state index contributed by atoms with van der Waals surface area (Å²) in [6.45, 7) is 1.71. The zero-order valence-electron chi connectivity index (χ0n) is 9.76. The molecule has 0 amide bonds. The minimum Gasteiger partial charge on any atom is -0.308 e. The summed E-state index contributed by atoms with van der Waals surface area (Å²) in [4.78, 5) is 6.44. The first kappa shape index (κ1) is 11.8. The van der Waals surface area contributed by atoms with Gasteiger partial charge in [0.2, 0.25) is 0 Å². The van der Waals surface area contributed by atoms with Crippen LogP contribution < -0.4 is 11.3 Å². The van der Waals surface area contributed by atoms with E-state index in [2.05, 4.69) is 21.4 Å². The van der Waals surface area contributed by atoms with Gasteiger partial charge in [0, 0.05) is 31.7 Å². The fourth-order valence-electron chi connectivity index (χ4n) is 1.91. The van der Waals surface area contributed by atoms with Crippen LogP contribution in [0.3, 0.4) is 0 Å². The second-order valence-corrected chi connectivity index (χ2v) is 4.30. The first-order valence-corrected chi connectivity index (χ1v) is 5.86. The van der Waals surface area contributed by atoms with Gasteiger partial charge < -0.3 is 5.43 Å². The standard InChI is InChI=1S/C12H17N5/c13-5-1-7-17(11-2-3-11)9-10-4-6-15-12(8-10)16-14/h4,6,8,11H,1-3,7,9,14H2,(H,15,16). The van der Waals surface area contributed by atoms with E-state index in [0.29, 0.717) is 18.3 Å². The van der Waals surface area contributed by atoms with Crippen molar-refractivity contribution in [3.05, 3.63) is 23.9 Å². The number of aromatic nitrogens is 1. The van der Waals surface area contributed by atoms with Gasteiger partial charge in [-0.25, -0.2) is 10.8 Å². The van der Waals surface area contributed by atoms with Crippen molar-refractivity contribution in [1.29, 1.82) is 5.26 Å². The van der Waals surface area contributed by atoms with Gasteiger partial charge in [0.1, 0.15) is 5.82 Å². The molecule has 0 unspecified atom stereocenters. The SMILES string of the molecule is N#CCCN(Cc1ccnc(NN)c1)C1CC1. The Kier molecular flexibility index (Phi) is 3.91. The second-order valence-electron chi connectivity index (χ2n) is 4.30. The summed E-state index contributed by atoms with van der Waals surface area (Å²) in [7, 11) is 0. The number of nitrogens with one attached hydrogen (secondary N) is 1. The van der Waals surface area contributed by atoms with Gasteiger partial charge >= 0.3 is 0 Å². The van der Waals surface area contributed by atoms with E-state index in [4.69, 9.17) is 11.1 Å². The van der Waals surface area contributed by atoms with Gasteiger partial charge in [0.05, 0.1) is 6.07 Å². The smallest absolute Gasteiger partial charge is 0.140 e. The van der Waals surface area contributed by atoms with Crippen molar-refractivity contribution >= 4 is 5.82 Å². The van der Waals surface area contributed by atoms with E-state index in [1.165, 1.54) is 18.4 Å². The molecule has 1 aromatic rings. The molecular formula is C12H17N5. The van der Waals surface area contributed by atoms with Gasteiger partial charge in [-0.1, -0.05) is 0 Å². The van der Waals surface area contributed by atoms with Gasteiger partial charge in [-0.15, -0.1) is 0 Å². The van der Waals surface area contributed by atoms with Crippen molar-refractivity contribution in [2.45, 2.75) is 31.8 Å². The summed E-state index contributed by atoms with van der Waals surface area (Å²) in [5, 5.41) is 8.65. The number of pyridine rings is 1. The molecule has 1 fully saturated rings. The maximum absolute atomic E-state index is 8.65. The lowest BCUT2D eigenvalue weighted by molar-refractivity contribution is 0.261. The number of rotatable bonds is 6. The maximum Gasteiger partial charge on any atom is 0.140 e. The largest absolute Gasteiger partial charge is 0.308 e. The fraction of sp³-hybridized carbons (Fsp3) is 0.500. The molecule has 0 saturated heterocycles. The van der Waals surface area contributed by atoms with Crippen LogP contribution in [0.25, 0.3) is 0 Å². The van der Waals surface area contributed by atoms with Gasteiger partial charge in [-0.05, 0) is 30.5 Å². The average Bonchev–Trinajstić information content (AvgIpc) is 3.19. The number of anilines is 1. The van der Waals surface area contributed by atoms with E-state index < -0.39 is 0 Å². The van der Waals surface area contributed by atoms with Crippen LogP contribution in [0, 0.1) is 11.3 Å². The quantitative estimate of drug-likeness (QED) is 0.569. The molecule has 0 atom stereocenters. The Hall–Kier alpha value is -1.64. The maximum atomic E-state index is 8.65. The Balaban J connectivity index is 1.98. The molecule has 0 aromatic carbocycles. The normalized spacial score (nSPS) is 14.6. The average molecular weight is 231 g/mol. The molecule has 1 heterocycles. The lowest BCUT2D eigenvalue weighted by Crippen LogP contribution is -2.26. The molecule has 17 heavy (non-hydrogen) atoms. The van der Waals surface area contributed by atoms with Crippen molar-refractivity contribution in [2.24, 2.45) is 5.84 Å². The minimum absolute atomic E-state index is 0.587. The summed E-state index contributed by atoms with van der Waals surface area (Å²) in [5.74, 6) is 6.01. The lowest BCUT2D eigenvalue weighted by atomic mass is 10.2. The van der Waals surface area contributed by atoms with Crippen LogP contribution >= 0.6 is 0 Å². The Morgan fingerprint density at radius 3 is 3.06 bits per heavy atom. The molecule has 5 heteroatoms. The molecule has 1 aliphatic rings. The molecule has 1 saturated carbocycles. The Labute approximate surface area is 101 Å². The van der Waals surface area contributed by atoms with E-state index in [1.54, 1.807) is 6.20 Å². The molecule has 1 aromatic heterocycles. The molecular weight excluding hydrogens is 214 g/mol. The number of nitriles is 1. The summed E-state index contributed by atoms with van der Waals surface area (Å²) in [5.41, 5.74) is 3.73. The van der Waals surface area contributed by atoms with E-state index in [1.807, 2.05) is 12.1 Å². The summed E-state index contributed by atoms with van der Waals surface area (Å²) in [6.07, 6.45) is 4.83. The molecule has 0 bridgehead atoms. The Morgan fingerprint density at radius 1 is 1.59 bits per heavy atom. The highest BCUT2D eigenvalue weighted by molar-refractivity contribution is 5.35. The molecule has 3 N–H and O–H groups in total. The van der Waals surface area contributed by atoms with Crippen LogP contribution in [0.1, 0.15) is 24.8 Å². The van der Waals surface area contributed by atoms with Crippen LogP contribution in [0.5, 0.6) is 0 Å². The summed E-state index contributed by atoms with van der Waals surface area (Å²) < 4.78 is 0. The zero-order valence-corrected chi connectivity index (χ0v) is 9.76. The Morgan fingerprint density at radius 2 is 2.41 bits per heavy atom. The number of hydrogen-bond donors (Lipinski definition) is 2. The molecule has 1 aliphatic carbocycles. The van der Waals surface area contributed by atoms with Crippen molar-refractivity contribution in [3.8, 4) is 6.07 Å². The topological polar surface area (TPSA) is 78.0 Å². The third-order valence-corrected chi connectivity index (χ3v) is 2.93. The molecule has 90 valence electrons. The van der Waals surface area contributed by atoms with Crippen LogP contribution in [0.2, 0.25) is 0 Å². The van der Waals surface area contributed by atoms with E-state index >= 15 is 0 Å². The third-order valence-electron chi connectivity index (χ3n) is 2.93.